The molecule has 1 heterocycles. The SMILES string of the molecule is COc1ccc2c(=O)n(OC)c(C(=O)Nc3ccccc3)cc2c1. The largest absolute Gasteiger partial charge is 0.497 e. The fourth-order valence-electron chi connectivity index (χ4n) is 2.46. The molecule has 2 aromatic carbocycles. The molecule has 6 nitrogen and oxygen atoms in total. The second-order valence-electron chi connectivity index (χ2n) is 5.09. The lowest BCUT2D eigenvalue weighted by Crippen LogP contribution is -2.32. The standard InChI is InChI=1S/C18H16N2O4/c1-23-14-8-9-15-12(10-14)11-16(20(24-2)18(15)22)17(21)19-13-6-4-3-5-7-13/h3-11H,1-2H3,(H,19,21). The van der Waals surface area contributed by atoms with Gasteiger partial charge in [0.15, 0.2) is 0 Å². The van der Waals surface area contributed by atoms with Crippen LogP contribution in [0.3, 0.4) is 0 Å². The molecular formula is C18H16N2O4. The molecule has 1 amide bonds. The second-order valence-corrected chi connectivity index (χ2v) is 5.09. The van der Waals surface area contributed by atoms with Crippen molar-refractivity contribution < 1.29 is 14.4 Å². The quantitative estimate of drug-likeness (QED) is 0.799. The number of hydrogen-bond donors (Lipinski definition) is 1. The van der Waals surface area contributed by atoms with Crippen LogP contribution in [0.15, 0.2) is 59.4 Å². The van der Waals surface area contributed by atoms with Crippen LogP contribution in [-0.4, -0.2) is 24.9 Å². The van der Waals surface area contributed by atoms with E-state index in [-0.39, 0.29) is 5.69 Å². The Morgan fingerprint density at radius 2 is 1.79 bits per heavy atom. The van der Waals surface area contributed by atoms with Crippen molar-refractivity contribution in [3.63, 3.8) is 0 Å². The molecule has 122 valence electrons. The Morgan fingerprint density at radius 3 is 2.46 bits per heavy atom. The van der Waals surface area contributed by atoms with Gasteiger partial charge in [0.05, 0.1) is 12.5 Å². The first kappa shape index (κ1) is 15.6. The number of methoxy groups -OCH3 is 1. The molecule has 1 aromatic heterocycles. The Kier molecular flexibility index (Phi) is 4.20. The van der Waals surface area contributed by atoms with Crippen molar-refractivity contribution in [2.24, 2.45) is 0 Å². The van der Waals surface area contributed by atoms with Crippen LogP contribution in [0.4, 0.5) is 5.69 Å². The third-order valence-corrected chi connectivity index (χ3v) is 3.63. The third-order valence-electron chi connectivity index (χ3n) is 3.63. The van der Waals surface area contributed by atoms with Gasteiger partial charge in [-0.3, -0.25) is 9.59 Å². The Bertz CT molecular complexity index is 948. The van der Waals surface area contributed by atoms with Crippen molar-refractivity contribution in [3.05, 3.63) is 70.6 Å². The smallest absolute Gasteiger partial charge is 0.291 e. The van der Waals surface area contributed by atoms with Crippen LogP contribution < -0.4 is 20.5 Å². The van der Waals surface area contributed by atoms with Gasteiger partial charge in [-0.25, -0.2) is 0 Å². The predicted molar refractivity (Wildman–Crippen MR) is 91.7 cm³/mol. The van der Waals surface area contributed by atoms with Crippen LogP contribution in [0.2, 0.25) is 0 Å². The van der Waals surface area contributed by atoms with E-state index in [0.717, 1.165) is 4.73 Å². The molecule has 0 fully saturated rings. The summed E-state index contributed by atoms with van der Waals surface area (Å²) in [4.78, 5) is 30.2. The van der Waals surface area contributed by atoms with E-state index in [9.17, 15) is 9.59 Å². The lowest BCUT2D eigenvalue weighted by atomic mass is 10.1. The average Bonchev–Trinajstić information content (AvgIpc) is 2.62. The van der Waals surface area contributed by atoms with E-state index in [0.29, 0.717) is 22.2 Å². The molecule has 1 N–H and O–H groups in total. The Hall–Kier alpha value is -3.28. The number of fused-ring (bicyclic) bond motifs is 1. The van der Waals surface area contributed by atoms with E-state index in [1.165, 1.54) is 7.11 Å². The molecule has 0 aliphatic heterocycles. The zero-order valence-electron chi connectivity index (χ0n) is 13.3. The molecule has 0 spiro atoms. The highest BCUT2D eigenvalue weighted by Crippen LogP contribution is 2.20. The molecule has 24 heavy (non-hydrogen) atoms. The summed E-state index contributed by atoms with van der Waals surface area (Å²) < 4.78 is 6.15. The number of hydrogen-bond acceptors (Lipinski definition) is 4. The maximum absolute atomic E-state index is 12.6. The molecular weight excluding hydrogens is 308 g/mol. The summed E-state index contributed by atoms with van der Waals surface area (Å²) in [6, 6.07) is 15.6. The number of para-hydroxylation sites is 1. The first-order valence-electron chi connectivity index (χ1n) is 7.28. The summed E-state index contributed by atoms with van der Waals surface area (Å²) in [6.07, 6.45) is 0. The number of carbonyl (C=O) groups is 1. The van der Waals surface area contributed by atoms with Gasteiger partial charge in [-0.15, -0.1) is 4.73 Å². The number of nitrogens with zero attached hydrogens (tertiary/aromatic N) is 1. The van der Waals surface area contributed by atoms with Gasteiger partial charge < -0.3 is 14.9 Å². The molecule has 3 aromatic rings. The zero-order valence-corrected chi connectivity index (χ0v) is 13.3. The van der Waals surface area contributed by atoms with E-state index < -0.39 is 11.5 Å². The first-order chi connectivity index (χ1) is 11.6. The number of amides is 1. The lowest BCUT2D eigenvalue weighted by Gasteiger charge is -2.13. The van der Waals surface area contributed by atoms with Crippen molar-refractivity contribution in [3.8, 4) is 5.75 Å². The summed E-state index contributed by atoms with van der Waals surface area (Å²) in [5, 5.41) is 3.78. The van der Waals surface area contributed by atoms with Gasteiger partial charge >= 0.3 is 0 Å². The Balaban J connectivity index is 2.11. The molecule has 0 aliphatic carbocycles. The highest BCUT2D eigenvalue weighted by molar-refractivity contribution is 6.05. The minimum atomic E-state index is -0.440. The van der Waals surface area contributed by atoms with E-state index in [2.05, 4.69) is 5.32 Å². The number of carbonyl (C=O) groups excluding carboxylic acids is 1. The normalized spacial score (nSPS) is 10.4. The van der Waals surface area contributed by atoms with Crippen LogP contribution >= 0.6 is 0 Å². The third kappa shape index (κ3) is 2.81. The molecule has 0 unspecified atom stereocenters. The van der Waals surface area contributed by atoms with Gasteiger partial charge in [0.2, 0.25) is 0 Å². The molecule has 0 saturated heterocycles. The monoisotopic (exact) mass is 324 g/mol. The van der Waals surface area contributed by atoms with Crippen LogP contribution in [0.25, 0.3) is 10.8 Å². The molecule has 0 aliphatic rings. The lowest BCUT2D eigenvalue weighted by molar-refractivity contribution is 0.0952. The molecule has 0 saturated carbocycles. The van der Waals surface area contributed by atoms with Gasteiger partial charge in [-0.1, -0.05) is 18.2 Å². The number of anilines is 1. The maximum Gasteiger partial charge on any atom is 0.291 e. The van der Waals surface area contributed by atoms with Gasteiger partial charge in [-0.05, 0) is 41.8 Å². The van der Waals surface area contributed by atoms with Crippen molar-refractivity contribution in [2.45, 2.75) is 0 Å². The number of aromatic nitrogens is 1. The van der Waals surface area contributed by atoms with Crippen LogP contribution in [0, 0.1) is 0 Å². The van der Waals surface area contributed by atoms with Crippen LogP contribution in [-0.2, 0) is 0 Å². The van der Waals surface area contributed by atoms with Crippen molar-refractivity contribution in [1.82, 2.24) is 4.73 Å². The van der Waals surface area contributed by atoms with Gasteiger partial charge in [0.1, 0.15) is 18.6 Å². The number of pyridine rings is 1. The summed E-state index contributed by atoms with van der Waals surface area (Å²) in [5.41, 5.74) is 0.325. The number of nitrogens with one attached hydrogen (secondary N) is 1. The Morgan fingerprint density at radius 1 is 1.04 bits per heavy atom. The van der Waals surface area contributed by atoms with Crippen molar-refractivity contribution in [1.29, 1.82) is 0 Å². The number of benzene rings is 2. The predicted octanol–water partition coefficient (Wildman–Crippen LogP) is 2.32. The number of rotatable bonds is 4. The van der Waals surface area contributed by atoms with Crippen molar-refractivity contribution >= 4 is 22.4 Å². The van der Waals surface area contributed by atoms with Crippen LogP contribution in [0.5, 0.6) is 5.75 Å². The average molecular weight is 324 g/mol. The minimum absolute atomic E-state index is 0.104. The van der Waals surface area contributed by atoms with Gasteiger partial charge in [0.25, 0.3) is 11.5 Å². The number of ether oxygens (including phenoxy) is 1. The van der Waals surface area contributed by atoms with E-state index in [1.54, 1.807) is 43.5 Å². The first-order valence-corrected chi connectivity index (χ1v) is 7.28. The van der Waals surface area contributed by atoms with Crippen LogP contribution in [0.1, 0.15) is 10.5 Å². The molecule has 0 bridgehead atoms. The molecule has 6 heteroatoms. The molecule has 0 atom stereocenters. The van der Waals surface area contributed by atoms with E-state index in [1.807, 2.05) is 18.2 Å². The fourth-order valence-corrected chi connectivity index (χ4v) is 2.46. The zero-order chi connectivity index (χ0) is 17.1. The maximum atomic E-state index is 12.6. The molecule has 3 rings (SSSR count). The Labute approximate surface area is 138 Å². The topological polar surface area (TPSA) is 69.6 Å². The van der Waals surface area contributed by atoms with Crippen molar-refractivity contribution in [2.75, 3.05) is 19.5 Å². The summed E-state index contributed by atoms with van der Waals surface area (Å²) in [6.45, 7) is 0. The second kappa shape index (κ2) is 6.45. The minimum Gasteiger partial charge on any atom is -0.497 e. The van der Waals surface area contributed by atoms with Gasteiger partial charge in [0, 0.05) is 5.69 Å². The fraction of sp³-hybridized carbons (Fsp3) is 0.111. The van der Waals surface area contributed by atoms with Gasteiger partial charge in [-0.2, -0.15) is 0 Å². The summed E-state index contributed by atoms with van der Waals surface area (Å²) in [7, 11) is 2.89. The molecule has 0 radical (unpaired) electrons. The summed E-state index contributed by atoms with van der Waals surface area (Å²) in [5.74, 6) is 0.163. The highest BCUT2D eigenvalue weighted by atomic mass is 16.7. The van der Waals surface area contributed by atoms with E-state index in [4.69, 9.17) is 9.57 Å². The summed E-state index contributed by atoms with van der Waals surface area (Å²) >= 11 is 0. The van der Waals surface area contributed by atoms with E-state index >= 15 is 0 Å². The highest BCUT2D eigenvalue weighted by Gasteiger charge is 2.17.